The smallest absolute Gasteiger partial charge is 0.251 e. The summed E-state index contributed by atoms with van der Waals surface area (Å²) in [7, 11) is 3.76. The number of carbonyl (C=O) groups is 1. The van der Waals surface area contributed by atoms with Crippen molar-refractivity contribution >= 4 is 16.7 Å². The molecule has 1 aliphatic rings. The lowest BCUT2D eigenvalue weighted by Crippen LogP contribution is -2.46. The Bertz CT molecular complexity index is 684. The Labute approximate surface area is 131 Å². The van der Waals surface area contributed by atoms with Crippen molar-refractivity contribution in [1.29, 1.82) is 0 Å². The minimum absolute atomic E-state index is 0.0121. The largest absolute Gasteiger partial charge is 0.497 e. The zero-order valence-corrected chi connectivity index (χ0v) is 13.1. The Morgan fingerprint density at radius 1 is 1.23 bits per heavy atom. The van der Waals surface area contributed by atoms with Crippen LogP contribution in [0.15, 0.2) is 36.4 Å². The molecule has 2 aromatic carbocycles. The number of rotatable bonds is 3. The number of hydrogen-bond donors (Lipinski definition) is 1. The molecule has 1 aliphatic heterocycles. The Balaban J connectivity index is 1.76. The van der Waals surface area contributed by atoms with Crippen LogP contribution in [0, 0.1) is 0 Å². The highest BCUT2D eigenvalue weighted by Crippen LogP contribution is 2.22. The number of amides is 1. The molecule has 1 saturated heterocycles. The summed E-state index contributed by atoms with van der Waals surface area (Å²) in [5.41, 5.74) is 0.714. The van der Waals surface area contributed by atoms with Crippen LogP contribution in [0.1, 0.15) is 23.2 Å². The van der Waals surface area contributed by atoms with Gasteiger partial charge in [-0.15, -0.1) is 0 Å². The Kier molecular flexibility index (Phi) is 4.29. The zero-order valence-electron chi connectivity index (χ0n) is 13.1. The number of nitrogens with zero attached hydrogens (tertiary/aromatic N) is 1. The highest BCUT2D eigenvalue weighted by molar-refractivity contribution is 5.99. The molecule has 1 atom stereocenters. The van der Waals surface area contributed by atoms with E-state index in [9.17, 15) is 4.79 Å². The summed E-state index contributed by atoms with van der Waals surface area (Å²) < 4.78 is 5.23. The molecule has 0 spiro atoms. The molecule has 4 heteroatoms. The first-order valence-electron chi connectivity index (χ1n) is 7.73. The van der Waals surface area contributed by atoms with Gasteiger partial charge >= 0.3 is 0 Å². The van der Waals surface area contributed by atoms with E-state index in [4.69, 9.17) is 4.74 Å². The molecular formula is C18H22N2O2. The molecule has 116 valence electrons. The number of hydrogen-bond acceptors (Lipinski definition) is 3. The second-order valence-electron chi connectivity index (χ2n) is 6.00. The van der Waals surface area contributed by atoms with E-state index < -0.39 is 0 Å². The van der Waals surface area contributed by atoms with Crippen LogP contribution in [0.25, 0.3) is 10.8 Å². The molecule has 1 fully saturated rings. The van der Waals surface area contributed by atoms with Crippen LogP contribution >= 0.6 is 0 Å². The summed E-state index contributed by atoms with van der Waals surface area (Å²) in [6, 6.07) is 11.9. The van der Waals surface area contributed by atoms with Crippen LogP contribution in [0.3, 0.4) is 0 Å². The van der Waals surface area contributed by atoms with Crippen LogP contribution in [0.4, 0.5) is 0 Å². The lowest BCUT2D eigenvalue weighted by molar-refractivity contribution is 0.0912. The van der Waals surface area contributed by atoms with Gasteiger partial charge in [0.15, 0.2) is 0 Å². The Morgan fingerprint density at radius 3 is 2.77 bits per heavy atom. The summed E-state index contributed by atoms with van der Waals surface area (Å²) in [6.45, 7) is 2.04. The SMILES string of the molecule is COc1ccc2cc(C(=O)N[C@@H]3CCCN(C)C3)ccc2c1. The number of likely N-dealkylation sites (tertiary alicyclic amines) is 1. The van der Waals surface area contributed by atoms with Crippen LogP contribution in [0.5, 0.6) is 5.75 Å². The van der Waals surface area contributed by atoms with Crippen molar-refractivity contribution in [2.75, 3.05) is 27.2 Å². The van der Waals surface area contributed by atoms with E-state index in [0.29, 0.717) is 5.56 Å². The molecular weight excluding hydrogens is 276 g/mol. The van der Waals surface area contributed by atoms with Gasteiger partial charge in [0.25, 0.3) is 5.91 Å². The third-order valence-electron chi connectivity index (χ3n) is 4.27. The lowest BCUT2D eigenvalue weighted by Gasteiger charge is -2.30. The summed E-state index contributed by atoms with van der Waals surface area (Å²) in [5, 5.41) is 5.27. The normalized spacial score (nSPS) is 19.1. The first kappa shape index (κ1) is 14.9. The van der Waals surface area contributed by atoms with Crippen LogP contribution < -0.4 is 10.1 Å². The van der Waals surface area contributed by atoms with Gasteiger partial charge in [-0.1, -0.05) is 12.1 Å². The van der Waals surface area contributed by atoms with Gasteiger partial charge in [0.05, 0.1) is 7.11 Å². The van der Waals surface area contributed by atoms with Gasteiger partial charge in [0.2, 0.25) is 0 Å². The van der Waals surface area contributed by atoms with Gasteiger partial charge in [-0.25, -0.2) is 0 Å². The van der Waals surface area contributed by atoms with Gasteiger partial charge < -0.3 is 15.0 Å². The van der Waals surface area contributed by atoms with Crippen LogP contribution in [0.2, 0.25) is 0 Å². The minimum Gasteiger partial charge on any atom is -0.497 e. The summed E-state index contributed by atoms with van der Waals surface area (Å²) in [4.78, 5) is 14.7. The lowest BCUT2D eigenvalue weighted by atomic mass is 10.0. The standard InChI is InChI=1S/C18H22N2O2/c1-20-9-3-4-16(12-20)19-18(21)15-6-5-14-11-17(22-2)8-7-13(14)10-15/h5-8,10-11,16H,3-4,9,12H2,1-2H3,(H,19,21)/t16-/m1/s1. The highest BCUT2D eigenvalue weighted by Gasteiger charge is 2.19. The number of nitrogens with one attached hydrogen (secondary N) is 1. The van der Waals surface area contributed by atoms with E-state index >= 15 is 0 Å². The van der Waals surface area contributed by atoms with Crippen molar-refractivity contribution in [3.8, 4) is 5.75 Å². The van der Waals surface area contributed by atoms with Gasteiger partial charge in [0, 0.05) is 18.2 Å². The van der Waals surface area contributed by atoms with Crippen molar-refractivity contribution in [2.24, 2.45) is 0 Å². The molecule has 0 bridgehead atoms. The molecule has 2 aromatic rings. The van der Waals surface area contributed by atoms with Gasteiger partial charge in [-0.05, 0) is 61.5 Å². The maximum Gasteiger partial charge on any atom is 0.251 e. The maximum atomic E-state index is 12.4. The Hall–Kier alpha value is -2.07. The third-order valence-corrected chi connectivity index (χ3v) is 4.27. The van der Waals surface area contributed by atoms with Gasteiger partial charge in [0.1, 0.15) is 5.75 Å². The highest BCUT2D eigenvalue weighted by atomic mass is 16.5. The van der Waals surface area contributed by atoms with Crippen LogP contribution in [-0.2, 0) is 0 Å². The predicted molar refractivity (Wildman–Crippen MR) is 88.5 cm³/mol. The first-order chi connectivity index (χ1) is 10.7. The molecule has 1 heterocycles. The number of benzene rings is 2. The zero-order chi connectivity index (χ0) is 15.5. The maximum absolute atomic E-state index is 12.4. The second kappa shape index (κ2) is 6.36. The number of carbonyl (C=O) groups excluding carboxylic acids is 1. The van der Waals surface area contributed by atoms with Crippen molar-refractivity contribution < 1.29 is 9.53 Å². The molecule has 0 radical (unpaired) electrons. The monoisotopic (exact) mass is 298 g/mol. The average molecular weight is 298 g/mol. The van der Waals surface area contributed by atoms with E-state index in [2.05, 4.69) is 17.3 Å². The number of methoxy groups -OCH3 is 1. The molecule has 22 heavy (non-hydrogen) atoms. The quantitative estimate of drug-likeness (QED) is 0.947. The topological polar surface area (TPSA) is 41.6 Å². The van der Waals surface area contributed by atoms with E-state index in [-0.39, 0.29) is 11.9 Å². The molecule has 3 rings (SSSR count). The second-order valence-corrected chi connectivity index (χ2v) is 6.00. The number of fused-ring (bicyclic) bond motifs is 1. The molecule has 0 aromatic heterocycles. The molecule has 1 amide bonds. The van der Waals surface area contributed by atoms with E-state index in [1.807, 2.05) is 36.4 Å². The summed E-state index contributed by atoms with van der Waals surface area (Å²) >= 11 is 0. The fourth-order valence-electron chi connectivity index (χ4n) is 3.04. The molecule has 1 N–H and O–H groups in total. The van der Waals surface area contributed by atoms with Gasteiger partial charge in [-0.2, -0.15) is 0 Å². The van der Waals surface area contributed by atoms with Crippen molar-refractivity contribution in [3.63, 3.8) is 0 Å². The molecule has 0 unspecified atom stereocenters. The number of piperidine rings is 1. The minimum atomic E-state index is 0.0121. The summed E-state index contributed by atoms with van der Waals surface area (Å²) in [5.74, 6) is 0.841. The fourth-order valence-corrected chi connectivity index (χ4v) is 3.04. The Morgan fingerprint density at radius 2 is 2.00 bits per heavy atom. The fraction of sp³-hybridized carbons (Fsp3) is 0.389. The molecule has 0 saturated carbocycles. The number of ether oxygens (including phenoxy) is 1. The van der Waals surface area contributed by atoms with Gasteiger partial charge in [-0.3, -0.25) is 4.79 Å². The number of likely N-dealkylation sites (N-methyl/N-ethyl adjacent to an activating group) is 1. The third kappa shape index (κ3) is 3.22. The van der Waals surface area contributed by atoms with E-state index in [1.165, 1.54) is 0 Å². The first-order valence-corrected chi connectivity index (χ1v) is 7.73. The predicted octanol–water partition coefficient (Wildman–Crippen LogP) is 2.67. The molecule has 4 nitrogen and oxygen atoms in total. The van der Waals surface area contributed by atoms with Crippen molar-refractivity contribution in [3.05, 3.63) is 42.0 Å². The van der Waals surface area contributed by atoms with E-state index in [1.54, 1.807) is 7.11 Å². The molecule has 0 aliphatic carbocycles. The van der Waals surface area contributed by atoms with E-state index in [0.717, 1.165) is 42.5 Å². The summed E-state index contributed by atoms with van der Waals surface area (Å²) in [6.07, 6.45) is 2.19. The van der Waals surface area contributed by atoms with Crippen LogP contribution in [-0.4, -0.2) is 44.1 Å². The average Bonchev–Trinajstić information content (AvgIpc) is 2.53. The van der Waals surface area contributed by atoms with Crippen molar-refractivity contribution in [1.82, 2.24) is 10.2 Å². The van der Waals surface area contributed by atoms with Crippen molar-refractivity contribution in [2.45, 2.75) is 18.9 Å².